The number of hydrogen-bond donors (Lipinski definition) is 2. The number of pyridine rings is 1. The van der Waals surface area contributed by atoms with Crippen molar-refractivity contribution in [1.29, 1.82) is 0 Å². The molecule has 2 aromatic heterocycles. The van der Waals surface area contributed by atoms with E-state index in [1.54, 1.807) is 36.3 Å². The average molecular weight is 542 g/mol. The molecule has 0 bridgehead atoms. The molecule has 40 heavy (non-hydrogen) atoms. The Morgan fingerprint density at radius 1 is 1.10 bits per heavy atom. The summed E-state index contributed by atoms with van der Waals surface area (Å²) in [6.07, 6.45) is 3.57. The Morgan fingerprint density at radius 3 is 2.55 bits per heavy atom. The van der Waals surface area contributed by atoms with Crippen molar-refractivity contribution in [3.8, 4) is 22.8 Å². The van der Waals surface area contributed by atoms with E-state index in [1.807, 2.05) is 62.4 Å². The molecule has 0 radical (unpaired) electrons. The molecule has 1 fully saturated rings. The van der Waals surface area contributed by atoms with Crippen LogP contribution in [0.3, 0.4) is 0 Å². The highest BCUT2D eigenvalue weighted by Gasteiger charge is 2.51. The van der Waals surface area contributed by atoms with E-state index in [2.05, 4.69) is 10.3 Å². The molecule has 1 aliphatic rings. The van der Waals surface area contributed by atoms with Crippen LogP contribution >= 0.6 is 0 Å². The summed E-state index contributed by atoms with van der Waals surface area (Å²) in [7, 11) is 1.63. The summed E-state index contributed by atoms with van der Waals surface area (Å²) in [5.41, 5.74) is 10.4. The zero-order valence-electron chi connectivity index (χ0n) is 22.6. The average Bonchev–Trinajstić information content (AvgIpc) is 3.64. The van der Waals surface area contributed by atoms with Crippen molar-refractivity contribution < 1.29 is 23.8 Å². The number of hydrogen-bond acceptors (Lipinski definition) is 7. The van der Waals surface area contributed by atoms with Gasteiger partial charge in [0.2, 0.25) is 0 Å². The van der Waals surface area contributed by atoms with Crippen molar-refractivity contribution in [2.45, 2.75) is 32.1 Å². The number of nitrogens with one attached hydrogen (secondary N) is 1. The number of aryl methyl sites for hydroxylation is 2. The minimum atomic E-state index is -1.80. The van der Waals surface area contributed by atoms with Crippen LogP contribution in [0.5, 0.6) is 5.75 Å². The topological polar surface area (TPSA) is 131 Å². The molecule has 4 aromatic rings. The second-order valence-corrected chi connectivity index (χ2v) is 9.63. The van der Waals surface area contributed by atoms with Gasteiger partial charge in [-0.25, -0.2) is 9.67 Å². The Balaban J connectivity index is 1.49. The van der Waals surface area contributed by atoms with Crippen LogP contribution in [0.2, 0.25) is 0 Å². The van der Waals surface area contributed by atoms with E-state index in [4.69, 9.17) is 25.0 Å². The third-order valence-corrected chi connectivity index (χ3v) is 6.84. The maximum Gasteiger partial charge on any atom is 0.280 e. The van der Waals surface area contributed by atoms with E-state index in [0.29, 0.717) is 11.5 Å². The Hall–Kier alpha value is -4.54. The summed E-state index contributed by atoms with van der Waals surface area (Å²) in [5, 5.41) is 7.66. The number of benzene rings is 2. The van der Waals surface area contributed by atoms with Gasteiger partial charge in [0.25, 0.3) is 17.6 Å². The lowest BCUT2D eigenvalue weighted by atomic mass is 9.97. The molecule has 10 nitrogen and oxygen atoms in total. The number of rotatable bonds is 9. The molecule has 0 aliphatic carbocycles. The number of methoxy groups -OCH3 is 1. The molecule has 1 aliphatic heterocycles. The van der Waals surface area contributed by atoms with Crippen LogP contribution in [-0.4, -0.2) is 58.7 Å². The fourth-order valence-electron chi connectivity index (χ4n) is 5.07. The summed E-state index contributed by atoms with van der Waals surface area (Å²) in [6.45, 7) is 4.35. The minimum absolute atomic E-state index is 0.181. The minimum Gasteiger partial charge on any atom is -0.496 e. The standard InChI is InChI=1S/C30H31N5O5/c1-19-16-20(2)26(38-3)23(17-19)24-11-13-35(34-24)27-22(10-7-12-32-27)28(36)33-25(18-21-8-5-4-6-9-21)30(29(31)37)39-14-15-40-30/h4-13,16-17,25H,14-15,18H2,1-3H3,(H2,31,37)(H,33,36). The lowest BCUT2D eigenvalue weighted by molar-refractivity contribution is -0.189. The third-order valence-electron chi connectivity index (χ3n) is 6.84. The molecule has 2 aromatic carbocycles. The van der Waals surface area contributed by atoms with Gasteiger partial charge in [0, 0.05) is 18.0 Å². The first kappa shape index (κ1) is 27.0. The van der Waals surface area contributed by atoms with Crippen molar-refractivity contribution in [1.82, 2.24) is 20.1 Å². The summed E-state index contributed by atoms with van der Waals surface area (Å²) >= 11 is 0. The molecule has 3 N–H and O–H groups in total. The van der Waals surface area contributed by atoms with Gasteiger partial charge in [-0.1, -0.05) is 36.4 Å². The van der Waals surface area contributed by atoms with Crippen LogP contribution in [-0.2, 0) is 20.7 Å². The highest BCUT2D eigenvalue weighted by Crippen LogP contribution is 2.33. The number of carbonyl (C=O) groups excluding carboxylic acids is 2. The maximum atomic E-state index is 13.8. The van der Waals surface area contributed by atoms with E-state index in [-0.39, 0.29) is 25.2 Å². The van der Waals surface area contributed by atoms with E-state index in [0.717, 1.165) is 28.0 Å². The lowest BCUT2D eigenvalue weighted by Gasteiger charge is -2.33. The first-order valence-corrected chi connectivity index (χ1v) is 12.9. The van der Waals surface area contributed by atoms with Gasteiger partial charge in [-0.3, -0.25) is 9.59 Å². The number of ether oxygens (including phenoxy) is 3. The largest absolute Gasteiger partial charge is 0.496 e. The van der Waals surface area contributed by atoms with Gasteiger partial charge in [-0.15, -0.1) is 0 Å². The smallest absolute Gasteiger partial charge is 0.280 e. The summed E-state index contributed by atoms with van der Waals surface area (Å²) < 4.78 is 18.6. The maximum absolute atomic E-state index is 13.8. The van der Waals surface area contributed by atoms with E-state index < -0.39 is 23.6 Å². The SMILES string of the molecule is COc1c(C)cc(C)cc1-c1ccn(-c2ncccc2C(=O)NC(Cc2ccccc2)C2(C(N)=O)OCCO2)n1. The molecule has 1 atom stereocenters. The second kappa shape index (κ2) is 11.3. The Labute approximate surface area is 232 Å². The Bertz CT molecular complexity index is 1530. The van der Waals surface area contributed by atoms with Gasteiger partial charge in [0.15, 0.2) is 5.82 Å². The van der Waals surface area contributed by atoms with E-state index >= 15 is 0 Å². The molecule has 10 heteroatoms. The van der Waals surface area contributed by atoms with E-state index in [1.165, 1.54) is 0 Å². The van der Waals surface area contributed by atoms with Gasteiger partial charge >= 0.3 is 0 Å². The van der Waals surface area contributed by atoms with Gasteiger partial charge in [-0.05, 0) is 61.2 Å². The van der Waals surface area contributed by atoms with Crippen molar-refractivity contribution in [3.63, 3.8) is 0 Å². The zero-order chi connectivity index (χ0) is 28.3. The fourth-order valence-corrected chi connectivity index (χ4v) is 5.07. The molecule has 0 spiro atoms. The molecule has 0 saturated carbocycles. The predicted octanol–water partition coefficient (Wildman–Crippen LogP) is 3.13. The van der Waals surface area contributed by atoms with Crippen molar-refractivity contribution in [2.24, 2.45) is 5.73 Å². The van der Waals surface area contributed by atoms with Crippen molar-refractivity contribution >= 4 is 11.8 Å². The highest BCUT2D eigenvalue weighted by atomic mass is 16.7. The quantitative estimate of drug-likeness (QED) is 0.333. The van der Waals surface area contributed by atoms with Crippen LogP contribution in [0.25, 0.3) is 17.1 Å². The van der Waals surface area contributed by atoms with Gasteiger partial charge < -0.3 is 25.3 Å². The molecular formula is C30H31N5O5. The van der Waals surface area contributed by atoms with Crippen LogP contribution in [0, 0.1) is 13.8 Å². The second-order valence-electron chi connectivity index (χ2n) is 9.63. The number of aromatic nitrogens is 3. The van der Waals surface area contributed by atoms with Crippen molar-refractivity contribution in [2.75, 3.05) is 20.3 Å². The lowest BCUT2D eigenvalue weighted by Crippen LogP contribution is -2.61. The third kappa shape index (κ3) is 5.18. The summed E-state index contributed by atoms with van der Waals surface area (Å²) in [4.78, 5) is 30.8. The highest BCUT2D eigenvalue weighted by molar-refractivity contribution is 5.98. The number of amides is 2. The number of nitrogens with two attached hydrogens (primary N) is 1. The fraction of sp³-hybridized carbons (Fsp3) is 0.267. The Morgan fingerprint density at radius 2 is 1.85 bits per heavy atom. The van der Waals surface area contributed by atoms with E-state index in [9.17, 15) is 9.59 Å². The van der Waals surface area contributed by atoms with Gasteiger partial charge in [0.1, 0.15) is 5.75 Å². The molecule has 1 unspecified atom stereocenters. The summed E-state index contributed by atoms with van der Waals surface area (Å²) in [5.74, 6) is -2.05. The molecule has 3 heterocycles. The molecule has 2 amide bonds. The number of nitrogens with zero attached hydrogens (tertiary/aromatic N) is 3. The number of carbonyl (C=O) groups is 2. The zero-order valence-corrected chi connectivity index (χ0v) is 22.6. The van der Waals surface area contributed by atoms with Crippen LogP contribution in [0.4, 0.5) is 0 Å². The normalized spacial score (nSPS) is 15.0. The Kier molecular flexibility index (Phi) is 7.63. The molecule has 206 valence electrons. The van der Waals surface area contributed by atoms with Gasteiger partial charge in [-0.2, -0.15) is 5.10 Å². The van der Waals surface area contributed by atoms with Crippen LogP contribution < -0.4 is 15.8 Å². The predicted molar refractivity (Wildman–Crippen MR) is 148 cm³/mol. The molecular weight excluding hydrogens is 510 g/mol. The molecule has 1 saturated heterocycles. The molecule has 5 rings (SSSR count). The van der Waals surface area contributed by atoms with Crippen molar-refractivity contribution in [3.05, 3.63) is 95.3 Å². The first-order valence-electron chi connectivity index (χ1n) is 12.9. The summed E-state index contributed by atoms with van der Waals surface area (Å²) in [6, 6.07) is 17.7. The monoisotopic (exact) mass is 541 g/mol. The van der Waals surface area contributed by atoms with Crippen LogP contribution in [0.15, 0.2) is 73.1 Å². The first-order chi connectivity index (χ1) is 19.3. The number of primary amides is 1. The van der Waals surface area contributed by atoms with Gasteiger partial charge in [0.05, 0.1) is 37.6 Å². The van der Waals surface area contributed by atoms with Crippen LogP contribution in [0.1, 0.15) is 27.0 Å².